The van der Waals surface area contributed by atoms with Crippen LogP contribution < -0.4 is 5.32 Å². The van der Waals surface area contributed by atoms with Crippen LogP contribution in [0.25, 0.3) is 0 Å². The zero-order chi connectivity index (χ0) is 20.9. The molecule has 4 aliphatic heterocycles. The summed E-state index contributed by atoms with van der Waals surface area (Å²) in [4.78, 5) is 41.1. The fourth-order valence-electron chi connectivity index (χ4n) is 4.84. The lowest BCUT2D eigenvalue weighted by molar-refractivity contribution is -0.163. The summed E-state index contributed by atoms with van der Waals surface area (Å²) in [5.41, 5.74) is 0.0530. The number of amides is 2. The second-order valence-electron chi connectivity index (χ2n) is 8.15. The van der Waals surface area contributed by atoms with E-state index in [4.69, 9.17) is 0 Å². The standard InChI is InChI=1S/C19H27N3O5S2/c1-9-14-13(10(2)23)18(25)22(14)15(19(26)27)16(9)29-11-7-12(20-8-11)17(24)21-3-5-28-6-4-21/h9-14,20,23H,3-8H2,1-2H3,(H,26,27)/t9-,10+,11-,12-,13+,14+/m0/s1. The van der Waals surface area contributed by atoms with Gasteiger partial charge in [0, 0.05) is 47.2 Å². The topological polar surface area (TPSA) is 110 Å². The number of rotatable bonds is 5. The van der Waals surface area contributed by atoms with Crippen molar-refractivity contribution in [2.75, 3.05) is 31.1 Å². The highest BCUT2D eigenvalue weighted by atomic mass is 32.2. The van der Waals surface area contributed by atoms with E-state index in [0.29, 0.717) is 17.9 Å². The number of fused-ring (bicyclic) bond motifs is 1. The van der Waals surface area contributed by atoms with Gasteiger partial charge in [-0.05, 0) is 13.3 Å². The maximum atomic E-state index is 12.8. The van der Waals surface area contributed by atoms with Gasteiger partial charge in [-0.3, -0.25) is 9.59 Å². The monoisotopic (exact) mass is 441 g/mol. The van der Waals surface area contributed by atoms with Gasteiger partial charge in [-0.2, -0.15) is 11.8 Å². The Bertz CT molecular complexity index is 752. The summed E-state index contributed by atoms with van der Waals surface area (Å²) in [5, 5.41) is 23.1. The van der Waals surface area contributed by atoms with E-state index in [0.717, 1.165) is 24.6 Å². The number of aliphatic hydroxyl groups is 1. The molecule has 0 radical (unpaired) electrons. The molecule has 3 N–H and O–H groups in total. The van der Waals surface area contributed by atoms with Crippen LogP contribution in [0.4, 0.5) is 0 Å². The number of carbonyl (C=O) groups excluding carboxylic acids is 2. The van der Waals surface area contributed by atoms with Crippen molar-refractivity contribution in [2.45, 2.75) is 43.7 Å². The molecule has 4 aliphatic rings. The van der Waals surface area contributed by atoms with Gasteiger partial charge in [-0.1, -0.05) is 6.92 Å². The molecule has 0 aromatic rings. The number of carboxylic acids is 1. The molecule has 10 heteroatoms. The number of nitrogens with zero attached hydrogens (tertiary/aromatic N) is 2. The van der Waals surface area contributed by atoms with Gasteiger partial charge in [0.15, 0.2) is 0 Å². The number of thioether (sulfide) groups is 2. The molecule has 8 nitrogen and oxygen atoms in total. The predicted octanol–water partition coefficient (Wildman–Crippen LogP) is 0.179. The third-order valence-corrected chi connectivity index (χ3v) is 8.77. The summed E-state index contributed by atoms with van der Waals surface area (Å²) in [6, 6.07) is -0.529. The second-order valence-corrected chi connectivity index (χ2v) is 10.7. The van der Waals surface area contributed by atoms with Crippen LogP contribution in [-0.2, 0) is 14.4 Å². The number of carboxylic acid groups (broad SMARTS) is 1. The number of hydrogen-bond acceptors (Lipinski definition) is 7. The van der Waals surface area contributed by atoms with Crippen LogP contribution in [0, 0.1) is 11.8 Å². The van der Waals surface area contributed by atoms with Gasteiger partial charge < -0.3 is 25.3 Å². The van der Waals surface area contributed by atoms with Gasteiger partial charge in [-0.15, -0.1) is 11.8 Å². The molecule has 0 aromatic carbocycles. The second kappa shape index (κ2) is 8.13. The molecular weight excluding hydrogens is 414 g/mol. The lowest BCUT2D eigenvalue weighted by atomic mass is 9.79. The Kier molecular flexibility index (Phi) is 5.89. The summed E-state index contributed by atoms with van der Waals surface area (Å²) in [6.07, 6.45) is -0.155. The van der Waals surface area contributed by atoms with Crippen molar-refractivity contribution in [1.29, 1.82) is 0 Å². The van der Waals surface area contributed by atoms with E-state index < -0.39 is 18.0 Å². The number of carbonyl (C=O) groups is 3. The molecule has 0 bridgehead atoms. The lowest BCUT2D eigenvalue weighted by Gasteiger charge is -2.46. The van der Waals surface area contributed by atoms with E-state index in [1.165, 1.54) is 16.7 Å². The molecule has 2 amide bonds. The van der Waals surface area contributed by atoms with Crippen molar-refractivity contribution in [3.05, 3.63) is 10.6 Å². The molecule has 0 saturated carbocycles. The van der Waals surface area contributed by atoms with Gasteiger partial charge >= 0.3 is 5.97 Å². The van der Waals surface area contributed by atoms with Crippen LogP contribution in [0.5, 0.6) is 0 Å². The number of nitrogens with one attached hydrogen (secondary N) is 1. The highest BCUT2D eigenvalue weighted by Crippen LogP contribution is 2.51. The number of aliphatic carboxylic acids is 1. The maximum absolute atomic E-state index is 12.8. The van der Waals surface area contributed by atoms with Gasteiger partial charge in [-0.25, -0.2) is 4.79 Å². The summed E-state index contributed by atoms with van der Waals surface area (Å²) < 4.78 is 0. The van der Waals surface area contributed by atoms with Crippen LogP contribution in [0.3, 0.4) is 0 Å². The Morgan fingerprint density at radius 1 is 1.31 bits per heavy atom. The first-order valence-corrected chi connectivity index (χ1v) is 12.1. The largest absolute Gasteiger partial charge is 0.477 e. The molecule has 0 aromatic heterocycles. The Hall–Kier alpha value is -1.23. The molecule has 4 rings (SSSR count). The molecule has 3 saturated heterocycles. The van der Waals surface area contributed by atoms with Crippen molar-refractivity contribution < 1.29 is 24.6 Å². The fraction of sp³-hybridized carbons (Fsp3) is 0.737. The zero-order valence-corrected chi connectivity index (χ0v) is 18.2. The van der Waals surface area contributed by atoms with E-state index in [1.54, 1.807) is 6.92 Å². The van der Waals surface area contributed by atoms with E-state index in [1.807, 2.05) is 23.6 Å². The average Bonchev–Trinajstić information content (AvgIpc) is 3.24. The third-order valence-electron chi connectivity index (χ3n) is 6.32. The number of hydrogen-bond donors (Lipinski definition) is 3. The van der Waals surface area contributed by atoms with Gasteiger partial charge in [0.05, 0.1) is 24.1 Å². The van der Waals surface area contributed by atoms with Crippen molar-refractivity contribution in [3.8, 4) is 0 Å². The fourth-order valence-corrected chi connectivity index (χ4v) is 7.23. The first-order chi connectivity index (χ1) is 13.8. The van der Waals surface area contributed by atoms with Crippen molar-refractivity contribution >= 4 is 41.3 Å². The summed E-state index contributed by atoms with van der Waals surface area (Å²) in [6.45, 7) is 5.70. The minimum Gasteiger partial charge on any atom is -0.477 e. The Labute approximate surface area is 178 Å². The normalized spacial score (nSPS) is 35.6. The Balaban J connectivity index is 1.45. The van der Waals surface area contributed by atoms with E-state index in [2.05, 4.69) is 5.32 Å². The Morgan fingerprint density at radius 3 is 2.62 bits per heavy atom. The van der Waals surface area contributed by atoms with Crippen LogP contribution in [0.2, 0.25) is 0 Å². The van der Waals surface area contributed by atoms with Crippen LogP contribution in [0.1, 0.15) is 20.3 Å². The highest BCUT2D eigenvalue weighted by molar-refractivity contribution is 8.03. The summed E-state index contributed by atoms with van der Waals surface area (Å²) in [5.74, 6) is -0.0394. The van der Waals surface area contributed by atoms with Gasteiger partial charge in [0.25, 0.3) is 0 Å². The van der Waals surface area contributed by atoms with Gasteiger partial charge in [0.1, 0.15) is 5.70 Å². The summed E-state index contributed by atoms with van der Waals surface area (Å²) >= 11 is 3.34. The highest BCUT2D eigenvalue weighted by Gasteiger charge is 2.60. The molecule has 160 valence electrons. The molecule has 0 aliphatic carbocycles. The van der Waals surface area contributed by atoms with Crippen LogP contribution in [-0.4, -0.2) is 92.4 Å². The molecule has 29 heavy (non-hydrogen) atoms. The van der Waals surface area contributed by atoms with E-state index in [9.17, 15) is 24.6 Å². The minimum absolute atomic E-state index is 0.0530. The number of aliphatic hydroxyl groups excluding tert-OH is 1. The minimum atomic E-state index is -1.11. The third kappa shape index (κ3) is 3.58. The first kappa shape index (κ1) is 21.0. The smallest absolute Gasteiger partial charge is 0.353 e. The molecule has 3 fully saturated rings. The molecule has 0 spiro atoms. The number of β-lactam (4-membered cyclic amide) rings is 1. The van der Waals surface area contributed by atoms with Crippen molar-refractivity contribution in [2.24, 2.45) is 11.8 Å². The maximum Gasteiger partial charge on any atom is 0.353 e. The van der Waals surface area contributed by atoms with E-state index >= 15 is 0 Å². The Morgan fingerprint density at radius 2 is 2.00 bits per heavy atom. The average molecular weight is 442 g/mol. The SMILES string of the molecule is C[C@@H]1C(S[C@@H]2CN[C@H](C(=O)N3CCSCC3)C2)=C(C(=O)O)N2C(=O)[C@H]([C@@H](C)O)[C@@H]12. The molecule has 4 heterocycles. The molecule has 0 unspecified atom stereocenters. The quantitative estimate of drug-likeness (QED) is 0.519. The van der Waals surface area contributed by atoms with Crippen LogP contribution in [0.15, 0.2) is 10.6 Å². The zero-order valence-electron chi connectivity index (χ0n) is 16.5. The molecular formula is C19H27N3O5S2. The summed E-state index contributed by atoms with van der Waals surface area (Å²) in [7, 11) is 0. The van der Waals surface area contributed by atoms with Crippen molar-refractivity contribution in [3.63, 3.8) is 0 Å². The van der Waals surface area contributed by atoms with Crippen molar-refractivity contribution in [1.82, 2.24) is 15.1 Å². The lowest BCUT2D eigenvalue weighted by Crippen LogP contribution is -2.63. The first-order valence-electron chi connectivity index (χ1n) is 10.1. The predicted molar refractivity (Wildman–Crippen MR) is 111 cm³/mol. The van der Waals surface area contributed by atoms with Crippen LogP contribution >= 0.6 is 23.5 Å². The molecule has 6 atom stereocenters. The van der Waals surface area contributed by atoms with Gasteiger partial charge in [0.2, 0.25) is 11.8 Å². The van der Waals surface area contributed by atoms with E-state index in [-0.39, 0.29) is 40.8 Å².